The summed E-state index contributed by atoms with van der Waals surface area (Å²) in [5, 5.41) is 0.891. The molecule has 0 saturated carbocycles. The summed E-state index contributed by atoms with van der Waals surface area (Å²) in [6.45, 7) is 3.30. The average molecular weight is 390 g/mol. The van der Waals surface area contributed by atoms with Crippen molar-refractivity contribution in [3.8, 4) is 17.2 Å². The topological polar surface area (TPSA) is 60.0 Å². The standard InChI is InChI=1S/C21H23BN4O3/c1-27-17-7-5-4-6-16(17)25-8-10-26(11-9-25)20-14-12-18(28-2)19(29-3)13-15(14)23-21(22)24-20/h4-7,12-13H,8-11H2,1-3H3. The first-order valence-corrected chi connectivity index (χ1v) is 9.46. The lowest BCUT2D eigenvalue weighted by atomic mass is 10.1. The van der Waals surface area contributed by atoms with Gasteiger partial charge in [0.1, 0.15) is 11.6 Å². The molecular formula is C21H23BN4O3. The third kappa shape index (κ3) is 3.62. The Bertz CT molecular complexity index is 1020. The number of hydrogen-bond acceptors (Lipinski definition) is 7. The fourth-order valence-corrected chi connectivity index (χ4v) is 3.75. The van der Waals surface area contributed by atoms with Crippen LogP contribution in [0.15, 0.2) is 36.4 Å². The maximum Gasteiger partial charge on any atom is 0.170 e. The van der Waals surface area contributed by atoms with Crippen LogP contribution in [0, 0.1) is 0 Å². The quantitative estimate of drug-likeness (QED) is 0.616. The summed E-state index contributed by atoms with van der Waals surface area (Å²) < 4.78 is 16.4. The van der Waals surface area contributed by atoms with Crippen LogP contribution in [0.1, 0.15) is 0 Å². The molecule has 1 fully saturated rings. The molecule has 0 unspecified atom stereocenters. The number of ether oxygens (including phenoxy) is 3. The predicted octanol–water partition coefficient (Wildman–Crippen LogP) is 1.78. The van der Waals surface area contributed by atoms with Crippen molar-refractivity contribution in [1.82, 2.24) is 9.97 Å². The molecule has 0 N–H and O–H groups in total. The summed E-state index contributed by atoms with van der Waals surface area (Å²) in [5.74, 6) is 2.95. The van der Waals surface area contributed by atoms with Gasteiger partial charge in [0.05, 0.1) is 38.3 Å². The third-order valence-electron chi connectivity index (χ3n) is 5.20. The van der Waals surface area contributed by atoms with Gasteiger partial charge in [-0.25, -0.2) is 9.97 Å². The van der Waals surface area contributed by atoms with Gasteiger partial charge >= 0.3 is 0 Å². The lowest BCUT2D eigenvalue weighted by Crippen LogP contribution is -2.47. The molecule has 4 rings (SSSR count). The summed E-state index contributed by atoms with van der Waals surface area (Å²) in [5.41, 5.74) is 2.08. The number of methoxy groups -OCH3 is 3. The molecule has 2 radical (unpaired) electrons. The van der Waals surface area contributed by atoms with Crippen molar-refractivity contribution < 1.29 is 14.2 Å². The van der Waals surface area contributed by atoms with Gasteiger partial charge in [0.25, 0.3) is 0 Å². The van der Waals surface area contributed by atoms with Gasteiger partial charge in [-0.05, 0) is 18.2 Å². The number of rotatable bonds is 5. The highest BCUT2D eigenvalue weighted by Gasteiger charge is 2.23. The molecule has 0 bridgehead atoms. The summed E-state index contributed by atoms with van der Waals surface area (Å²) in [7, 11) is 10.9. The number of para-hydroxylation sites is 2. The molecule has 1 aliphatic heterocycles. The molecule has 1 aliphatic rings. The number of piperazine rings is 1. The number of hydrogen-bond donors (Lipinski definition) is 0. The minimum absolute atomic E-state index is 0.242. The maximum absolute atomic E-state index is 6.00. The Labute approximate surface area is 171 Å². The lowest BCUT2D eigenvalue weighted by molar-refractivity contribution is 0.356. The Morgan fingerprint density at radius 1 is 0.793 bits per heavy atom. The Hall–Kier alpha value is -3.16. The fraction of sp³-hybridized carbons (Fsp3) is 0.333. The fourth-order valence-electron chi connectivity index (χ4n) is 3.75. The number of benzene rings is 2. The molecule has 7 nitrogen and oxygen atoms in total. The average Bonchev–Trinajstić information content (AvgIpc) is 2.77. The van der Waals surface area contributed by atoms with Crippen LogP contribution in [0.5, 0.6) is 17.2 Å². The zero-order valence-electron chi connectivity index (χ0n) is 16.9. The van der Waals surface area contributed by atoms with Crippen molar-refractivity contribution in [3.05, 3.63) is 36.4 Å². The van der Waals surface area contributed by atoms with Crippen molar-refractivity contribution >= 4 is 36.0 Å². The summed E-state index contributed by atoms with van der Waals surface area (Å²) in [6, 6.07) is 11.8. The molecule has 2 aromatic carbocycles. The first-order valence-electron chi connectivity index (χ1n) is 9.46. The van der Waals surface area contributed by atoms with E-state index >= 15 is 0 Å². The van der Waals surface area contributed by atoms with Gasteiger partial charge in [-0.2, -0.15) is 0 Å². The van der Waals surface area contributed by atoms with Crippen LogP contribution in [-0.4, -0.2) is 65.3 Å². The highest BCUT2D eigenvalue weighted by atomic mass is 16.5. The van der Waals surface area contributed by atoms with E-state index in [9.17, 15) is 0 Å². The van der Waals surface area contributed by atoms with Gasteiger partial charge in [0.2, 0.25) is 0 Å². The highest BCUT2D eigenvalue weighted by molar-refractivity contribution is 6.29. The van der Waals surface area contributed by atoms with Crippen molar-refractivity contribution in [2.24, 2.45) is 0 Å². The van der Waals surface area contributed by atoms with E-state index in [0.29, 0.717) is 11.5 Å². The number of anilines is 2. The van der Waals surface area contributed by atoms with Crippen LogP contribution in [-0.2, 0) is 0 Å². The van der Waals surface area contributed by atoms with Crippen LogP contribution >= 0.6 is 0 Å². The second kappa shape index (κ2) is 8.07. The Balaban J connectivity index is 1.64. The number of aromatic nitrogens is 2. The Morgan fingerprint density at radius 3 is 2.10 bits per heavy atom. The van der Waals surface area contributed by atoms with Crippen LogP contribution in [0.25, 0.3) is 10.9 Å². The largest absolute Gasteiger partial charge is 0.495 e. The lowest BCUT2D eigenvalue weighted by Gasteiger charge is -2.37. The van der Waals surface area contributed by atoms with E-state index in [2.05, 4.69) is 25.8 Å². The minimum atomic E-state index is 0.242. The molecule has 1 saturated heterocycles. The zero-order valence-corrected chi connectivity index (χ0v) is 16.9. The summed E-state index contributed by atoms with van der Waals surface area (Å²) in [4.78, 5) is 13.5. The first kappa shape index (κ1) is 19.2. The minimum Gasteiger partial charge on any atom is -0.495 e. The molecule has 148 valence electrons. The molecule has 1 aromatic heterocycles. The second-order valence-corrected chi connectivity index (χ2v) is 6.78. The van der Waals surface area contributed by atoms with E-state index in [1.807, 2.05) is 30.3 Å². The molecule has 2 heterocycles. The zero-order chi connectivity index (χ0) is 20.4. The molecule has 0 spiro atoms. The Morgan fingerprint density at radius 2 is 1.41 bits per heavy atom. The van der Waals surface area contributed by atoms with Gasteiger partial charge in [-0.1, -0.05) is 12.1 Å². The van der Waals surface area contributed by atoms with E-state index in [-0.39, 0.29) is 5.72 Å². The van der Waals surface area contributed by atoms with Crippen molar-refractivity contribution in [1.29, 1.82) is 0 Å². The van der Waals surface area contributed by atoms with Crippen LogP contribution in [0.2, 0.25) is 0 Å². The summed E-state index contributed by atoms with van der Waals surface area (Å²) in [6.07, 6.45) is 0. The van der Waals surface area contributed by atoms with E-state index in [1.54, 1.807) is 21.3 Å². The van der Waals surface area contributed by atoms with E-state index in [1.165, 1.54) is 0 Å². The van der Waals surface area contributed by atoms with Gasteiger partial charge in [0, 0.05) is 37.6 Å². The molecule has 0 amide bonds. The number of nitrogens with zero attached hydrogens (tertiary/aromatic N) is 4. The monoisotopic (exact) mass is 390 g/mol. The molecule has 0 atom stereocenters. The highest BCUT2D eigenvalue weighted by Crippen LogP contribution is 2.35. The summed E-state index contributed by atoms with van der Waals surface area (Å²) >= 11 is 0. The van der Waals surface area contributed by atoms with Crippen molar-refractivity contribution in [2.45, 2.75) is 0 Å². The van der Waals surface area contributed by atoms with Crippen LogP contribution < -0.4 is 29.7 Å². The second-order valence-electron chi connectivity index (χ2n) is 6.78. The van der Waals surface area contributed by atoms with Crippen molar-refractivity contribution in [2.75, 3.05) is 57.3 Å². The van der Waals surface area contributed by atoms with E-state index in [4.69, 9.17) is 22.1 Å². The van der Waals surface area contributed by atoms with Gasteiger partial charge in [-0.3, -0.25) is 0 Å². The smallest absolute Gasteiger partial charge is 0.170 e. The van der Waals surface area contributed by atoms with Crippen LogP contribution in [0.3, 0.4) is 0 Å². The van der Waals surface area contributed by atoms with Gasteiger partial charge in [0.15, 0.2) is 19.3 Å². The predicted molar refractivity (Wildman–Crippen MR) is 115 cm³/mol. The molecule has 29 heavy (non-hydrogen) atoms. The van der Waals surface area contributed by atoms with E-state index < -0.39 is 0 Å². The molecular weight excluding hydrogens is 367 g/mol. The SMILES string of the molecule is [B]c1nc(N2CCN(c3ccccc3OC)CC2)c2cc(OC)c(OC)cc2n1. The molecule has 3 aromatic rings. The third-order valence-corrected chi connectivity index (χ3v) is 5.20. The first-order chi connectivity index (χ1) is 14.1. The van der Waals surface area contributed by atoms with Crippen molar-refractivity contribution in [3.63, 3.8) is 0 Å². The molecule has 0 aliphatic carbocycles. The normalized spacial score (nSPS) is 14.2. The maximum atomic E-state index is 6.00. The Kier molecular flexibility index (Phi) is 5.33. The van der Waals surface area contributed by atoms with Crippen LogP contribution in [0.4, 0.5) is 11.5 Å². The van der Waals surface area contributed by atoms with E-state index in [0.717, 1.165) is 54.3 Å². The van der Waals surface area contributed by atoms with Gasteiger partial charge < -0.3 is 24.0 Å². The number of fused-ring (bicyclic) bond motifs is 1. The molecule has 8 heteroatoms. The van der Waals surface area contributed by atoms with Gasteiger partial charge in [-0.15, -0.1) is 0 Å².